The maximum Gasteiger partial charge on any atom is 0.0245 e. The van der Waals surface area contributed by atoms with Gasteiger partial charge in [-0.15, -0.1) is 0 Å². The van der Waals surface area contributed by atoms with Gasteiger partial charge in [-0.3, -0.25) is 0 Å². The van der Waals surface area contributed by atoms with Gasteiger partial charge >= 0.3 is 0 Å². The van der Waals surface area contributed by atoms with Gasteiger partial charge in [-0.1, -0.05) is 74.9 Å². The molecule has 0 saturated heterocycles. The minimum absolute atomic E-state index is 0.605. The van der Waals surface area contributed by atoms with Crippen LogP contribution in [0.1, 0.15) is 69.9 Å². The smallest absolute Gasteiger partial charge is 0.0245 e. The summed E-state index contributed by atoms with van der Waals surface area (Å²) in [5, 5.41) is 0. The zero-order valence-electron chi connectivity index (χ0n) is 16.4. The minimum Gasteiger partial charge on any atom is -0.0945 e. The van der Waals surface area contributed by atoms with Crippen LogP contribution in [0.25, 0.3) is 11.1 Å². The third kappa shape index (κ3) is 5.25. The number of rotatable bonds is 5. The number of aryl methyl sites for hydroxylation is 1. The van der Waals surface area contributed by atoms with E-state index in [1.165, 1.54) is 68.1 Å². The van der Waals surface area contributed by atoms with E-state index < -0.39 is 0 Å². The van der Waals surface area contributed by atoms with E-state index in [0.717, 1.165) is 11.5 Å². The Morgan fingerprint density at radius 2 is 1.42 bits per heavy atom. The minimum atomic E-state index is 0.605. The monoisotopic (exact) mass is 344 g/mol. The number of hydrogen-bond acceptors (Lipinski definition) is 0. The van der Waals surface area contributed by atoms with E-state index in [9.17, 15) is 0 Å². The van der Waals surface area contributed by atoms with Crippen LogP contribution in [0, 0.1) is 23.7 Å². The van der Waals surface area contributed by atoms with Crippen molar-refractivity contribution in [3.8, 4) is 23.0 Å². The van der Waals surface area contributed by atoms with Gasteiger partial charge < -0.3 is 0 Å². The average molecular weight is 345 g/mol. The normalized spacial score (nSPS) is 19.6. The Balaban J connectivity index is 1.59. The maximum absolute atomic E-state index is 3.52. The summed E-state index contributed by atoms with van der Waals surface area (Å²) in [5.41, 5.74) is 5.16. The molecule has 0 N–H and O–H groups in total. The summed E-state index contributed by atoms with van der Waals surface area (Å²) in [5.74, 6) is 8.48. The summed E-state index contributed by atoms with van der Waals surface area (Å²) >= 11 is 0. The van der Waals surface area contributed by atoms with Crippen molar-refractivity contribution in [2.75, 3.05) is 0 Å². The summed E-state index contributed by atoms with van der Waals surface area (Å²) in [6.07, 6.45) is 10.3. The Labute approximate surface area is 160 Å². The predicted octanol–water partition coefficient (Wildman–Crippen LogP) is 7.26. The molecule has 0 heterocycles. The molecule has 0 unspecified atom stereocenters. The van der Waals surface area contributed by atoms with Gasteiger partial charge in [0.05, 0.1) is 0 Å². The van der Waals surface area contributed by atoms with E-state index in [4.69, 9.17) is 0 Å². The second-order valence-corrected chi connectivity index (χ2v) is 7.77. The SMILES string of the molecule is CCCCc1ccc(-c2ccc(C#CC3CCC(CC)CC3)cc2)cc1. The lowest BCUT2D eigenvalue weighted by Gasteiger charge is -2.24. The highest BCUT2D eigenvalue weighted by Gasteiger charge is 2.17. The quantitative estimate of drug-likeness (QED) is 0.500. The Bertz CT molecular complexity index is 716. The molecule has 0 atom stereocenters. The molecule has 0 aromatic heterocycles. The van der Waals surface area contributed by atoms with Crippen molar-refractivity contribution in [2.24, 2.45) is 11.8 Å². The zero-order chi connectivity index (χ0) is 18.2. The first-order valence-electron chi connectivity index (χ1n) is 10.5. The van der Waals surface area contributed by atoms with Crippen LogP contribution >= 0.6 is 0 Å². The predicted molar refractivity (Wildman–Crippen MR) is 113 cm³/mol. The second-order valence-electron chi connectivity index (χ2n) is 7.77. The van der Waals surface area contributed by atoms with Crippen LogP contribution in [0.15, 0.2) is 48.5 Å². The Morgan fingerprint density at radius 1 is 0.808 bits per heavy atom. The lowest BCUT2D eigenvalue weighted by molar-refractivity contribution is 0.309. The van der Waals surface area contributed by atoms with Gasteiger partial charge in [0, 0.05) is 11.5 Å². The largest absolute Gasteiger partial charge is 0.0945 e. The Kier molecular flexibility index (Phi) is 6.96. The van der Waals surface area contributed by atoms with Crippen molar-refractivity contribution in [3.63, 3.8) is 0 Å². The molecule has 0 spiro atoms. The molecule has 0 nitrogen and oxygen atoms in total. The average Bonchev–Trinajstić information content (AvgIpc) is 2.72. The lowest BCUT2D eigenvalue weighted by Crippen LogP contribution is -2.12. The number of unbranched alkanes of at least 4 members (excludes halogenated alkanes) is 1. The first kappa shape index (κ1) is 18.8. The van der Waals surface area contributed by atoms with Gasteiger partial charge in [0.15, 0.2) is 0 Å². The Morgan fingerprint density at radius 3 is 2.00 bits per heavy atom. The fourth-order valence-corrected chi connectivity index (χ4v) is 3.89. The van der Waals surface area contributed by atoms with Crippen molar-refractivity contribution < 1.29 is 0 Å². The molecule has 26 heavy (non-hydrogen) atoms. The fraction of sp³-hybridized carbons (Fsp3) is 0.462. The highest BCUT2D eigenvalue weighted by molar-refractivity contribution is 5.64. The zero-order valence-corrected chi connectivity index (χ0v) is 16.4. The molecule has 0 amide bonds. The molecule has 3 rings (SSSR count). The molecular formula is C26H32. The lowest BCUT2D eigenvalue weighted by atomic mass is 9.81. The van der Waals surface area contributed by atoms with Crippen molar-refractivity contribution >= 4 is 0 Å². The molecule has 2 aromatic rings. The highest BCUT2D eigenvalue weighted by atomic mass is 14.2. The molecule has 1 aliphatic carbocycles. The molecule has 0 heteroatoms. The molecular weight excluding hydrogens is 312 g/mol. The van der Waals surface area contributed by atoms with Crippen LogP contribution in [0.4, 0.5) is 0 Å². The molecule has 1 fully saturated rings. The second kappa shape index (κ2) is 9.63. The molecule has 0 bridgehead atoms. The summed E-state index contributed by atoms with van der Waals surface area (Å²) in [6.45, 7) is 4.56. The molecule has 136 valence electrons. The van der Waals surface area contributed by atoms with Gasteiger partial charge in [0.1, 0.15) is 0 Å². The summed E-state index contributed by atoms with van der Waals surface area (Å²) in [6, 6.07) is 17.8. The van der Waals surface area contributed by atoms with Crippen molar-refractivity contribution in [1.29, 1.82) is 0 Å². The standard InChI is InChI=1S/C26H32/c1-3-5-6-22-13-17-25(18-14-22)26-19-15-24(16-20-26)12-11-23-9-7-21(4-2)8-10-23/h13-21,23H,3-10H2,1-2H3. The molecule has 0 aliphatic heterocycles. The van der Waals surface area contributed by atoms with E-state index in [0.29, 0.717) is 5.92 Å². The van der Waals surface area contributed by atoms with Crippen LogP contribution in [0.2, 0.25) is 0 Å². The van der Waals surface area contributed by atoms with E-state index in [2.05, 4.69) is 74.2 Å². The number of hydrogen-bond donors (Lipinski definition) is 0. The maximum atomic E-state index is 3.52. The summed E-state index contributed by atoms with van der Waals surface area (Å²) in [4.78, 5) is 0. The molecule has 1 saturated carbocycles. The highest BCUT2D eigenvalue weighted by Crippen LogP contribution is 2.30. The van der Waals surface area contributed by atoms with Gasteiger partial charge in [0.2, 0.25) is 0 Å². The van der Waals surface area contributed by atoms with Crippen molar-refractivity contribution in [2.45, 2.75) is 65.2 Å². The Hall–Kier alpha value is -2.00. The van der Waals surface area contributed by atoms with Crippen LogP contribution in [0.5, 0.6) is 0 Å². The molecule has 1 aliphatic rings. The van der Waals surface area contributed by atoms with Crippen LogP contribution in [0.3, 0.4) is 0 Å². The van der Waals surface area contributed by atoms with E-state index in [-0.39, 0.29) is 0 Å². The van der Waals surface area contributed by atoms with Crippen molar-refractivity contribution in [3.05, 3.63) is 59.7 Å². The van der Waals surface area contributed by atoms with Gasteiger partial charge in [-0.2, -0.15) is 0 Å². The van der Waals surface area contributed by atoms with Gasteiger partial charge in [-0.05, 0) is 73.3 Å². The third-order valence-corrected chi connectivity index (χ3v) is 5.84. The third-order valence-electron chi connectivity index (χ3n) is 5.84. The number of benzene rings is 2. The van der Waals surface area contributed by atoms with Crippen LogP contribution in [-0.2, 0) is 6.42 Å². The van der Waals surface area contributed by atoms with Gasteiger partial charge in [-0.25, -0.2) is 0 Å². The fourth-order valence-electron chi connectivity index (χ4n) is 3.89. The summed E-state index contributed by atoms with van der Waals surface area (Å²) < 4.78 is 0. The molecule has 0 radical (unpaired) electrons. The summed E-state index contributed by atoms with van der Waals surface area (Å²) in [7, 11) is 0. The first-order valence-corrected chi connectivity index (χ1v) is 10.5. The van der Waals surface area contributed by atoms with Crippen LogP contribution in [-0.4, -0.2) is 0 Å². The van der Waals surface area contributed by atoms with E-state index in [1.54, 1.807) is 0 Å². The van der Waals surface area contributed by atoms with E-state index in [1.807, 2.05) is 0 Å². The van der Waals surface area contributed by atoms with E-state index >= 15 is 0 Å². The first-order chi connectivity index (χ1) is 12.8. The molecule has 2 aromatic carbocycles. The van der Waals surface area contributed by atoms with Gasteiger partial charge in [0.25, 0.3) is 0 Å². The van der Waals surface area contributed by atoms with Crippen LogP contribution < -0.4 is 0 Å². The van der Waals surface area contributed by atoms with Crippen molar-refractivity contribution in [1.82, 2.24) is 0 Å². The topological polar surface area (TPSA) is 0 Å².